The van der Waals surface area contributed by atoms with Crippen molar-refractivity contribution in [3.8, 4) is 0 Å². The molecule has 50 heavy (non-hydrogen) atoms. The van der Waals surface area contributed by atoms with Crippen LogP contribution in [-0.4, -0.2) is 37.0 Å². The van der Waals surface area contributed by atoms with Crippen LogP contribution in [0.3, 0.4) is 0 Å². The second-order valence-electron chi connectivity index (χ2n) is 14.0. The first kappa shape index (κ1) is 48.1. The number of unbranched alkanes of at least 4 members (excludes halogenated alkanes) is 21. The van der Waals surface area contributed by atoms with E-state index in [2.05, 4.69) is 74.6 Å². The SMILES string of the molecule is CC/C=C\C/C=C\C/C=C\C/C=C\CCCCCCCCC(=O)OC(CO)COCCCCCCCCCC/C=C\CCCCCCCCC. The number of aliphatic hydroxyl groups excluding tert-OH is 1. The maximum absolute atomic E-state index is 12.2. The minimum Gasteiger partial charge on any atom is -0.457 e. The molecule has 0 aliphatic heterocycles. The Morgan fingerprint density at radius 2 is 0.900 bits per heavy atom. The minimum absolute atomic E-state index is 0.181. The van der Waals surface area contributed by atoms with Gasteiger partial charge in [0.05, 0.1) is 13.2 Å². The second kappa shape index (κ2) is 43.3. The van der Waals surface area contributed by atoms with Crippen LogP contribution in [0.25, 0.3) is 0 Å². The molecule has 1 unspecified atom stereocenters. The summed E-state index contributed by atoms with van der Waals surface area (Å²) in [7, 11) is 0. The van der Waals surface area contributed by atoms with Crippen molar-refractivity contribution in [1.29, 1.82) is 0 Å². The molecule has 0 aromatic rings. The van der Waals surface area contributed by atoms with Crippen molar-refractivity contribution in [3.05, 3.63) is 60.8 Å². The number of carbonyl (C=O) groups excluding carboxylic acids is 1. The van der Waals surface area contributed by atoms with Crippen molar-refractivity contribution in [1.82, 2.24) is 0 Å². The number of esters is 1. The predicted octanol–water partition coefficient (Wildman–Crippen LogP) is 14.0. The Bertz CT molecular complexity index is 824. The predicted molar refractivity (Wildman–Crippen MR) is 219 cm³/mol. The lowest BCUT2D eigenvalue weighted by molar-refractivity contribution is -0.154. The van der Waals surface area contributed by atoms with Crippen LogP contribution >= 0.6 is 0 Å². The molecule has 290 valence electrons. The summed E-state index contributed by atoms with van der Waals surface area (Å²) in [5.41, 5.74) is 0. The fraction of sp³-hybridized carbons (Fsp3) is 0.761. The molecule has 0 aromatic heterocycles. The molecule has 0 aliphatic carbocycles. The highest BCUT2D eigenvalue weighted by molar-refractivity contribution is 5.69. The number of carbonyl (C=O) groups is 1. The number of ether oxygens (including phenoxy) is 2. The highest BCUT2D eigenvalue weighted by atomic mass is 16.6. The number of allylic oxidation sites excluding steroid dienone is 10. The maximum Gasteiger partial charge on any atom is 0.306 e. The van der Waals surface area contributed by atoms with Gasteiger partial charge in [-0.05, 0) is 77.0 Å². The van der Waals surface area contributed by atoms with Crippen LogP contribution in [-0.2, 0) is 14.3 Å². The summed E-state index contributed by atoms with van der Waals surface area (Å²) < 4.78 is 11.2. The van der Waals surface area contributed by atoms with Crippen molar-refractivity contribution in [2.24, 2.45) is 0 Å². The Balaban J connectivity index is 3.47. The lowest BCUT2D eigenvalue weighted by Gasteiger charge is -2.15. The van der Waals surface area contributed by atoms with E-state index >= 15 is 0 Å². The lowest BCUT2D eigenvalue weighted by atomic mass is 10.1. The van der Waals surface area contributed by atoms with Gasteiger partial charge < -0.3 is 14.6 Å². The first-order valence-corrected chi connectivity index (χ1v) is 21.4. The third kappa shape index (κ3) is 40.5. The molecule has 0 saturated heterocycles. The first-order chi connectivity index (χ1) is 24.7. The van der Waals surface area contributed by atoms with Gasteiger partial charge >= 0.3 is 5.97 Å². The zero-order valence-corrected chi connectivity index (χ0v) is 33.2. The van der Waals surface area contributed by atoms with Crippen LogP contribution < -0.4 is 0 Å². The average molecular weight is 699 g/mol. The van der Waals surface area contributed by atoms with Gasteiger partial charge in [-0.25, -0.2) is 0 Å². The van der Waals surface area contributed by atoms with Gasteiger partial charge in [0.25, 0.3) is 0 Å². The van der Waals surface area contributed by atoms with Gasteiger partial charge in [0.15, 0.2) is 0 Å². The highest BCUT2D eigenvalue weighted by Gasteiger charge is 2.13. The van der Waals surface area contributed by atoms with Gasteiger partial charge in [0.2, 0.25) is 0 Å². The summed E-state index contributed by atoms with van der Waals surface area (Å²) in [4.78, 5) is 12.2. The molecule has 0 heterocycles. The van der Waals surface area contributed by atoms with E-state index in [-0.39, 0.29) is 19.2 Å². The average Bonchev–Trinajstić information content (AvgIpc) is 3.12. The molecule has 0 aromatic carbocycles. The van der Waals surface area contributed by atoms with Crippen LogP contribution in [0.1, 0.15) is 200 Å². The van der Waals surface area contributed by atoms with Crippen molar-refractivity contribution in [3.63, 3.8) is 0 Å². The quantitative estimate of drug-likeness (QED) is 0.0394. The van der Waals surface area contributed by atoms with Crippen LogP contribution in [0, 0.1) is 0 Å². The molecule has 0 fully saturated rings. The fourth-order valence-electron chi connectivity index (χ4n) is 5.90. The zero-order valence-electron chi connectivity index (χ0n) is 33.2. The van der Waals surface area contributed by atoms with Gasteiger partial charge in [-0.2, -0.15) is 0 Å². The van der Waals surface area contributed by atoms with Crippen LogP contribution in [0.4, 0.5) is 0 Å². The Hall–Kier alpha value is -1.91. The van der Waals surface area contributed by atoms with E-state index in [0.29, 0.717) is 13.0 Å². The van der Waals surface area contributed by atoms with Gasteiger partial charge in [0.1, 0.15) is 6.10 Å². The first-order valence-electron chi connectivity index (χ1n) is 21.4. The summed E-state index contributed by atoms with van der Waals surface area (Å²) in [6.07, 6.45) is 57.0. The van der Waals surface area contributed by atoms with Crippen LogP contribution in [0.5, 0.6) is 0 Å². The van der Waals surface area contributed by atoms with Crippen molar-refractivity contribution in [2.45, 2.75) is 206 Å². The van der Waals surface area contributed by atoms with Gasteiger partial charge in [0, 0.05) is 13.0 Å². The minimum atomic E-state index is -0.545. The van der Waals surface area contributed by atoms with Crippen LogP contribution in [0.2, 0.25) is 0 Å². The molecule has 1 atom stereocenters. The fourth-order valence-corrected chi connectivity index (χ4v) is 5.90. The lowest BCUT2D eigenvalue weighted by Crippen LogP contribution is -2.27. The third-order valence-electron chi connectivity index (χ3n) is 9.08. The standard InChI is InChI=1S/C46H82O4/c1-3-5-7-9-11-13-15-17-19-21-23-25-27-29-31-33-35-37-39-41-46(48)50-45(43-47)44-49-42-40-38-36-34-32-30-28-26-24-22-20-18-16-14-12-10-8-6-4-2/h5,7,11,13,17,19-20,22-23,25,45,47H,3-4,6,8-10,12,14-16,18,21,24,26-44H2,1-2H3/b7-5-,13-11-,19-17-,22-20-,25-23-. The molecule has 4 heteroatoms. The molecule has 0 bridgehead atoms. The van der Waals surface area contributed by atoms with Gasteiger partial charge in [-0.1, -0.05) is 177 Å². The summed E-state index contributed by atoms with van der Waals surface area (Å²) in [5, 5.41) is 9.60. The molecule has 0 radical (unpaired) electrons. The van der Waals surface area contributed by atoms with E-state index in [0.717, 1.165) is 57.8 Å². The molecular formula is C46H82O4. The van der Waals surface area contributed by atoms with E-state index in [9.17, 15) is 9.90 Å². The number of hydrogen-bond donors (Lipinski definition) is 1. The molecule has 0 saturated carbocycles. The molecule has 0 rings (SSSR count). The second-order valence-corrected chi connectivity index (χ2v) is 14.0. The third-order valence-corrected chi connectivity index (χ3v) is 9.08. The number of rotatable bonds is 39. The molecule has 0 amide bonds. The van der Waals surface area contributed by atoms with Crippen molar-refractivity contribution >= 4 is 5.97 Å². The number of hydrogen-bond acceptors (Lipinski definition) is 4. The van der Waals surface area contributed by atoms with E-state index in [4.69, 9.17) is 9.47 Å². The van der Waals surface area contributed by atoms with Crippen LogP contribution in [0.15, 0.2) is 60.8 Å². The Morgan fingerprint density at radius 1 is 0.500 bits per heavy atom. The van der Waals surface area contributed by atoms with E-state index < -0.39 is 6.10 Å². The molecule has 1 N–H and O–H groups in total. The Morgan fingerprint density at radius 3 is 1.38 bits per heavy atom. The number of aliphatic hydroxyl groups is 1. The van der Waals surface area contributed by atoms with Crippen molar-refractivity contribution in [2.75, 3.05) is 19.8 Å². The van der Waals surface area contributed by atoms with Crippen molar-refractivity contribution < 1.29 is 19.4 Å². The van der Waals surface area contributed by atoms with Gasteiger partial charge in [-0.3, -0.25) is 4.79 Å². The summed E-state index contributed by atoms with van der Waals surface area (Å²) in [6.45, 7) is 5.22. The van der Waals surface area contributed by atoms with E-state index in [1.54, 1.807) is 0 Å². The monoisotopic (exact) mass is 699 g/mol. The maximum atomic E-state index is 12.2. The topological polar surface area (TPSA) is 55.8 Å². The smallest absolute Gasteiger partial charge is 0.306 e. The van der Waals surface area contributed by atoms with E-state index in [1.165, 1.54) is 122 Å². The normalized spacial score (nSPS) is 12.9. The Kier molecular flexibility index (Phi) is 41.6. The summed E-state index contributed by atoms with van der Waals surface area (Å²) >= 11 is 0. The van der Waals surface area contributed by atoms with Gasteiger partial charge in [-0.15, -0.1) is 0 Å². The molecule has 4 nitrogen and oxygen atoms in total. The molecule has 0 aliphatic rings. The molecule has 0 spiro atoms. The Labute approximate surface area is 311 Å². The van der Waals surface area contributed by atoms with E-state index in [1.807, 2.05) is 0 Å². The largest absolute Gasteiger partial charge is 0.457 e. The highest BCUT2D eigenvalue weighted by Crippen LogP contribution is 2.13. The summed E-state index contributed by atoms with van der Waals surface area (Å²) in [6, 6.07) is 0. The summed E-state index contributed by atoms with van der Waals surface area (Å²) in [5.74, 6) is -0.216. The zero-order chi connectivity index (χ0) is 36.3. The molecular weight excluding hydrogens is 617 g/mol.